The monoisotopic (exact) mass is 404 g/mol. The van der Waals surface area contributed by atoms with E-state index in [1.807, 2.05) is 42.1 Å². The van der Waals surface area contributed by atoms with E-state index in [-0.39, 0.29) is 17.0 Å². The van der Waals surface area contributed by atoms with Gasteiger partial charge in [-0.2, -0.15) is 0 Å². The van der Waals surface area contributed by atoms with Crippen molar-refractivity contribution in [2.45, 2.75) is 19.1 Å². The third-order valence-corrected chi connectivity index (χ3v) is 5.79. The van der Waals surface area contributed by atoms with Crippen molar-refractivity contribution in [3.63, 3.8) is 0 Å². The fourth-order valence-corrected chi connectivity index (χ4v) is 4.63. The summed E-state index contributed by atoms with van der Waals surface area (Å²) < 4.78 is 2.18. The molecule has 5 heteroatoms. The average molecular weight is 405 g/mol. The predicted molar refractivity (Wildman–Crippen MR) is 96.1 cm³/mol. The Balaban J connectivity index is 0.00000169. The van der Waals surface area contributed by atoms with Crippen LogP contribution < -0.4 is 21.9 Å². The average Bonchev–Trinajstić information content (AvgIpc) is 2.91. The first kappa shape index (κ1) is 17.5. The van der Waals surface area contributed by atoms with E-state index < -0.39 is 5.72 Å². The maximum atomic E-state index is 11.5. The summed E-state index contributed by atoms with van der Waals surface area (Å²) in [5.74, 6) is 1.11. The zero-order valence-corrected chi connectivity index (χ0v) is 16.1. The molecule has 0 aliphatic carbocycles. The van der Waals surface area contributed by atoms with Crippen LogP contribution in [-0.4, -0.2) is 33.7 Å². The number of aryl methyl sites for hydroxylation is 1. The number of β-amino-alcohol motifs (C(OH)–C–C–N with tert-alkyl or cyclic N) is 1. The first-order chi connectivity index (χ1) is 11.2. The first-order valence-corrected chi connectivity index (χ1v) is 9.06. The second-order valence-corrected chi connectivity index (χ2v) is 7.31. The minimum absolute atomic E-state index is 0. The van der Waals surface area contributed by atoms with Crippen LogP contribution >= 0.6 is 11.8 Å². The van der Waals surface area contributed by atoms with Gasteiger partial charge in [0.15, 0.2) is 6.54 Å². The highest BCUT2D eigenvalue weighted by molar-refractivity contribution is 8.13. The molecule has 2 aliphatic rings. The Bertz CT molecular complexity index is 765. The molecule has 2 heterocycles. The summed E-state index contributed by atoms with van der Waals surface area (Å²) in [6.07, 6.45) is 1.10. The van der Waals surface area contributed by atoms with Crippen molar-refractivity contribution in [2.24, 2.45) is 0 Å². The number of nitrogens with zero attached hydrogens (tertiary/aromatic N) is 2. The predicted octanol–water partition coefficient (Wildman–Crippen LogP) is 0.170. The lowest BCUT2D eigenvalue weighted by Gasteiger charge is -2.24. The number of rotatable bonds is 2. The third kappa shape index (κ3) is 2.89. The Labute approximate surface area is 157 Å². The standard InChI is InChI=1S/C19H21N2OS.BrH/c1-15-7-5-10-17(13-15)20-14-19(22,16-8-3-2-4-9-16)21-11-6-12-23-18(20)21;/h2-5,7-10,13,22H,6,11-12,14H2,1H3;1H/q+1;/p-1. The molecular formula is C19H21BrN2OS. The van der Waals surface area contributed by atoms with Gasteiger partial charge in [0.2, 0.25) is 0 Å². The molecule has 0 spiro atoms. The van der Waals surface area contributed by atoms with E-state index in [1.54, 1.807) is 0 Å². The Kier molecular flexibility index (Phi) is 5.04. The lowest BCUT2D eigenvalue weighted by atomic mass is 10.0. The fourth-order valence-electron chi connectivity index (χ4n) is 3.45. The summed E-state index contributed by atoms with van der Waals surface area (Å²) in [7, 11) is 0. The van der Waals surface area contributed by atoms with Crippen LogP contribution in [0, 0.1) is 6.92 Å². The van der Waals surface area contributed by atoms with E-state index in [2.05, 4.69) is 40.7 Å². The maximum Gasteiger partial charge on any atom is 0.316 e. The van der Waals surface area contributed by atoms with Crippen molar-refractivity contribution in [1.82, 2.24) is 0 Å². The van der Waals surface area contributed by atoms with Gasteiger partial charge in [-0.25, -0.2) is 9.48 Å². The van der Waals surface area contributed by atoms with E-state index >= 15 is 0 Å². The number of anilines is 1. The third-order valence-electron chi connectivity index (χ3n) is 4.59. The van der Waals surface area contributed by atoms with E-state index in [9.17, 15) is 5.11 Å². The molecule has 4 rings (SSSR count). The molecule has 24 heavy (non-hydrogen) atoms. The second kappa shape index (κ2) is 6.90. The molecule has 2 aromatic rings. The summed E-state index contributed by atoms with van der Waals surface area (Å²) in [6, 6.07) is 18.6. The van der Waals surface area contributed by atoms with Crippen LogP contribution in [-0.2, 0) is 5.72 Å². The van der Waals surface area contributed by atoms with E-state index in [1.165, 1.54) is 10.7 Å². The molecule has 3 nitrogen and oxygen atoms in total. The largest absolute Gasteiger partial charge is 1.00 e. The van der Waals surface area contributed by atoms with Crippen molar-refractivity contribution in [3.8, 4) is 0 Å². The molecule has 1 atom stereocenters. The van der Waals surface area contributed by atoms with Crippen LogP contribution in [0.3, 0.4) is 0 Å². The Morgan fingerprint density at radius 1 is 1.12 bits per heavy atom. The zero-order chi connectivity index (χ0) is 15.9. The normalized spacial score (nSPS) is 23.0. The van der Waals surface area contributed by atoms with Crippen molar-refractivity contribution in [1.29, 1.82) is 0 Å². The number of aliphatic hydroxyl groups is 1. The molecular weight excluding hydrogens is 384 g/mol. The molecule has 1 unspecified atom stereocenters. The molecule has 1 N–H and O–H groups in total. The van der Waals surface area contributed by atoms with Gasteiger partial charge >= 0.3 is 5.17 Å². The molecule has 0 fully saturated rings. The number of halogens is 1. The van der Waals surface area contributed by atoms with Gasteiger partial charge in [0.1, 0.15) is 5.69 Å². The van der Waals surface area contributed by atoms with Gasteiger partial charge in [-0.05, 0) is 42.8 Å². The highest BCUT2D eigenvalue weighted by atomic mass is 79.9. The van der Waals surface area contributed by atoms with E-state index in [4.69, 9.17) is 0 Å². The van der Waals surface area contributed by atoms with Gasteiger partial charge in [-0.1, -0.05) is 42.5 Å². The topological polar surface area (TPSA) is 26.5 Å². The summed E-state index contributed by atoms with van der Waals surface area (Å²) >= 11 is 1.85. The highest BCUT2D eigenvalue weighted by Crippen LogP contribution is 2.37. The van der Waals surface area contributed by atoms with Crippen LogP contribution in [0.15, 0.2) is 54.6 Å². The maximum absolute atomic E-state index is 11.5. The highest BCUT2D eigenvalue weighted by Gasteiger charge is 2.53. The first-order valence-electron chi connectivity index (χ1n) is 8.08. The Morgan fingerprint density at radius 2 is 1.92 bits per heavy atom. The molecule has 0 saturated carbocycles. The fraction of sp³-hybridized carbons (Fsp3) is 0.316. The number of hydrogen-bond donors (Lipinski definition) is 1. The molecule has 0 amide bonds. The van der Waals surface area contributed by atoms with Crippen molar-refractivity contribution < 1.29 is 26.7 Å². The smallest absolute Gasteiger partial charge is 0.316 e. The molecule has 0 saturated heterocycles. The SMILES string of the molecule is Cc1cccc(N2CC(O)(c3ccccc3)[N+]3=C2SCCC3)c1.[Br-]. The Morgan fingerprint density at radius 3 is 2.67 bits per heavy atom. The van der Waals surface area contributed by atoms with Crippen molar-refractivity contribution in [3.05, 3.63) is 65.7 Å². The molecule has 0 aromatic heterocycles. The van der Waals surface area contributed by atoms with Gasteiger partial charge in [0.25, 0.3) is 5.72 Å². The quantitative estimate of drug-likeness (QED) is 0.722. The van der Waals surface area contributed by atoms with Crippen molar-refractivity contribution in [2.75, 3.05) is 23.7 Å². The molecule has 126 valence electrons. The van der Waals surface area contributed by atoms with E-state index in [0.29, 0.717) is 6.54 Å². The molecule has 0 radical (unpaired) electrons. The number of thioether (sulfide) groups is 1. The number of hydrogen-bond acceptors (Lipinski definition) is 3. The van der Waals surface area contributed by atoms with Crippen LogP contribution in [0.2, 0.25) is 0 Å². The molecule has 2 aliphatic heterocycles. The van der Waals surface area contributed by atoms with Gasteiger partial charge in [-0.15, -0.1) is 0 Å². The summed E-state index contributed by atoms with van der Waals surface area (Å²) in [5.41, 5.74) is 2.42. The van der Waals surface area contributed by atoms with Crippen LogP contribution in [0.25, 0.3) is 0 Å². The lowest BCUT2D eigenvalue weighted by Crippen LogP contribution is -3.00. The summed E-state index contributed by atoms with van der Waals surface area (Å²) in [5, 5.41) is 12.7. The van der Waals surface area contributed by atoms with E-state index in [0.717, 1.165) is 30.0 Å². The molecule has 2 aromatic carbocycles. The van der Waals surface area contributed by atoms with Crippen LogP contribution in [0.5, 0.6) is 0 Å². The summed E-state index contributed by atoms with van der Waals surface area (Å²) in [6.45, 7) is 3.58. The van der Waals surface area contributed by atoms with Crippen molar-refractivity contribution >= 4 is 22.6 Å². The van der Waals surface area contributed by atoms with Crippen LogP contribution in [0.4, 0.5) is 5.69 Å². The minimum Gasteiger partial charge on any atom is -1.00 e. The minimum atomic E-state index is -0.951. The summed E-state index contributed by atoms with van der Waals surface area (Å²) in [4.78, 5) is 2.27. The second-order valence-electron chi connectivity index (χ2n) is 6.24. The number of amidine groups is 1. The van der Waals surface area contributed by atoms with Gasteiger partial charge in [0.05, 0.1) is 6.54 Å². The van der Waals surface area contributed by atoms with Gasteiger partial charge in [0, 0.05) is 11.3 Å². The number of benzene rings is 2. The molecule has 0 bridgehead atoms. The zero-order valence-electron chi connectivity index (χ0n) is 13.7. The Hall–Kier alpha value is -1.30. The van der Waals surface area contributed by atoms with Gasteiger partial charge < -0.3 is 22.1 Å². The van der Waals surface area contributed by atoms with Gasteiger partial charge in [-0.3, -0.25) is 0 Å². The van der Waals surface area contributed by atoms with Crippen LogP contribution in [0.1, 0.15) is 17.5 Å². The lowest BCUT2D eigenvalue weighted by molar-refractivity contribution is -0.656.